The van der Waals surface area contributed by atoms with E-state index in [9.17, 15) is 9.59 Å². The minimum atomic E-state index is -0.992. The number of hydrazone groups is 1. The molecule has 124 valence electrons. The number of hydrogen-bond donors (Lipinski definition) is 2. The van der Waals surface area contributed by atoms with Crippen LogP contribution in [0.15, 0.2) is 53.6 Å². The summed E-state index contributed by atoms with van der Waals surface area (Å²) in [5, 5.41) is 12.7. The Kier molecular flexibility index (Phi) is 5.68. The van der Waals surface area contributed by atoms with E-state index in [0.717, 1.165) is 5.56 Å². The Morgan fingerprint density at radius 3 is 2.46 bits per heavy atom. The first-order valence-electron chi connectivity index (χ1n) is 7.36. The van der Waals surface area contributed by atoms with Crippen LogP contribution in [0.4, 0.5) is 0 Å². The van der Waals surface area contributed by atoms with Gasteiger partial charge in [0.2, 0.25) is 0 Å². The number of carboxylic acids is 1. The maximum absolute atomic E-state index is 12.0. The van der Waals surface area contributed by atoms with Gasteiger partial charge in [-0.2, -0.15) is 5.10 Å². The van der Waals surface area contributed by atoms with Crippen molar-refractivity contribution in [2.45, 2.75) is 20.0 Å². The SMILES string of the molecule is Cc1ccccc1OC(C)C(=O)N/N=C/c1ccc(C(=O)O)cc1. The highest BCUT2D eigenvalue weighted by Crippen LogP contribution is 2.17. The average Bonchev–Trinajstić information content (AvgIpc) is 2.57. The number of hydrogen-bond acceptors (Lipinski definition) is 4. The molecule has 1 unspecified atom stereocenters. The molecule has 1 amide bonds. The van der Waals surface area contributed by atoms with Gasteiger partial charge in [-0.15, -0.1) is 0 Å². The number of aryl methyl sites for hydroxylation is 1. The number of carbonyl (C=O) groups excluding carboxylic acids is 1. The van der Waals surface area contributed by atoms with E-state index in [0.29, 0.717) is 11.3 Å². The predicted octanol–water partition coefficient (Wildman–Crippen LogP) is 2.61. The zero-order valence-electron chi connectivity index (χ0n) is 13.4. The summed E-state index contributed by atoms with van der Waals surface area (Å²) in [5.74, 6) is -0.723. The van der Waals surface area contributed by atoms with Gasteiger partial charge < -0.3 is 9.84 Å². The molecule has 6 nitrogen and oxygen atoms in total. The molecule has 0 radical (unpaired) electrons. The van der Waals surface area contributed by atoms with Crippen LogP contribution in [0.1, 0.15) is 28.4 Å². The quantitative estimate of drug-likeness (QED) is 0.631. The first-order chi connectivity index (χ1) is 11.5. The molecular formula is C18H18N2O4. The number of carbonyl (C=O) groups is 2. The van der Waals surface area contributed by atoms with Gasteiger partial charge >= 0.3 is 5.97 Å². The highest BCUT2D eigenvalue weighted by atomic mass is 16.5. The molecule has 0 bridgehead atoms. The maximum atomic E-state index is 12.0. The molecule has 0 spiro atoms. The lowest BCUT2D eigenvalue weighted by Gasteiger charge is -2.14. The topological polar surface area (TPSA) is 88.0 Å². The third-order valence-corrected chi connectivity index (χ3v) is 3.31. The van der Waals surface area contributed by atoms with E-state index in [2.05, 4.69) is 10.5 Å². The molecule has 2 aromatic rings. The summed E-state index contributed by atoms with van der Waals surface area (Å²) < 4.78 is 5.60. The minimum absolute atomic E-state index is 0.191. The van der Waals surface area contributed by atoms with Gasteiger partial charge in [-0.25, -0.2) is 10.2 Å². The molecule has 0 heterocycles. The molecule has 24 heavy (non-hydrogen) atoms. The van der Waals surface area contributed by atoms with E-state index in [4.69, 9.17) is 9.84 Å². The van der Waals surface area contributed by atoms with E-state index >= 15 is 0 Å². The Morgan fingerprint density at radius 1 is 1.17 bits per heavy atom. The monoisotopic (exact) mass is 326 g/mol. The lowest BCUT2D eigenvalue weighted by atomic mass is 10.1. The van der Waals surface area contributed by atoms with E-state index in [1.807, 2.05) is 25.1 Å². The second-order valence-corrected chi connectivity index (χ2v) is 5.19. The number of carboxylic acid groups (broad SMARTS) is 1. The second-order valence-electron chi connectivity index (χ2n) is 5.19. The summed E-state index contributed by atoms with van der Waals surface area (Å²) in [4.78, 5) is 22.7. The molecule has 0 aliphatic heterocycles. The Bertz CT molecular complexity index is 754. The Labute approximate surface area is 139 Å². The third-order valence-electron chi connectivity index (χ3n) is 3.31. The van der Waals surface area contributed by atoms with Crippen molar-refractivity contribution in [1.29, 1.82) is 0 Å². The molecule has 2 aromatic carbocycles. The van der Waals surface area contributed by atoms with Crippen molar-refractivity contribution >= 4 is 18.1 Å². The molecular weight excluding hydrogens is 308 g/mol. The normalized spacial score (nSPS) is 11.9. The molecule has 0 aliphatic rings. The Morgan fingerprint density at radius 2 is 1.83 bits per heavy atom. The first-order valence-corrected chi connectivity index (χ1v) is 7.36. The summed E-state index contributed by atoms with van der Waals surface area (Å²) in [6, 6.07) is 13.6. The summed E-state index contributed by atoms with van der Waals surface area (Å²) in [6.07, 6.45) is 0.738. The summed E-state index contributed by atoms with van der Waals surface area (Å²) in [6.45, 7) is 3.54. The number of amides is 1. The van der Waals surface area contributed by atoms with Crippen molar-refractivity contribution < 1.29 is 19.4 Å². The van der Waals surface area contributed by atoms with E-state index in [1.54, 1.807) is 25.1 Å². The Hall–Kier alpha value is -3.15. The van der Waals surface area contributed by atoms with Gasteiger partial charge in [0.25, 0.3) is 5.91 Å². The molecule has 0 aromatic heterocycles. The summed E-state index contributed by atoms with van der Waals surface area (Å²) >= 11 is 0. The van der Waals surface area contributed by atoms with Crippen molar-refractivity contribution in [3.8, 4) is 5.75 Å². The van der Waals surface area contributed by atoms with E-state index < -0.39 is 12.1 Å². The summed E-state index contributed by atoms with van der Waals surface area (Å²) in [7, 11) is 0. The highest BCUT2D eigenvalue weighted by molar-refractivity contribution is 5.89. The van der Waals surface area contributed by atoms with Gasteiger partial charge in [0, 0.05) is 0 Å². The van der Waals surface area contributed by atoms with Crippen LogP contribution in [0.5, 0.6) is 5.75 Å². The van der Waals surface area contributed by atoms with Gasteiger partial charge in [-0.3, -0.25) is 4.79 Å². The Balaban J connectivity index is 1.89. The van der Waals surface area contributed by atoms with Gasteiger partial charge in [0.1, 0.15) is 5.75 Å². The maximum Gasteiger partial charge on any atom is 0.335 e. The lowest BCUT2D eigenvalue weighted by Crippen LogP contribution is -2.33. The van der Waals surface area contributed by atoms with Gasteiger partial charge in [0.15, 0.2) is 6.10 Å². The van der Waals surface area contributed by atoms with Crippen LogP contribution in [-0.4, -0.2) is 29.3 Å². The van der Waals surface area contributed by atoms with Gasteiger partial charge in [-0.05, 0) is 43.2 Å². The number of nitrogens with one attached hydrogen (secondary N) is 1. The minimum Gasteiger partial charge on any atom is -0.481 e. The van der Waals surface area contributed by atoms with E-state index in [1.165, 1.54) is 18.3 Å². The number of ether oxygens (including phenoxy) is 1. The van der Waals surface area contributed by atoms with Crippen LogP contribution in [-0.2, 0) is 4.79 Å². The fourth-order valence-corrected chi connectivity index (χ4v) is 1.91. The van der Waals surface area contributed by atoms with Crippen LogP contribution in [0.3, 0.4) is 0 Å². The standard InChI is InChI=1S/C18H18N2O4/c1-12-5-3-4-6-16(12)24-13(2)17(21)20-19-11-14-7-9-15(10-8-14)18(22)23/h3-11,13H,1-2H3,(H,20,21)(H,22,23)/b19-11+. The smallest absolute Gasteiger partial charge is 0.335 e. The number of benzene rings is 2. The molecule has 0 aliphatic carbocycles. The first kappa shape index (κ1) is 17.2. The van der Waals surface area contributed by atoms with Crippen molar-refractivity contribution in [2.75, 3.05) is 0 Å². The molecule has 1 atom stereocenters. The van der Waals surface area contributed by atoms with Crippen LogP contribution in [0.25, 0.3) is 0 Å². The van der Waals surface area contributed by atoms with Crippen LogP contribution >= 0.6 is 0 Å². The predicted molar refractivity (Wildman–Crippen MR) is 90.4 cm³/mol. The third kappa shape index (κ3) is 4.67. The number of para-hydroxylation sites is 1. The number of rotatable bonds is 6. The molecule has 0 fully saturated rings. The highest BCUT2D eigenvalue weighted by Gasteiger charge is 2.14. The van der Waals surface area contributed by atoms with Crippen LogP contribution < -0.4 is 10.2 Å². The fourth-order valence-electron chi connectivity index (χ4n) is 1.91. The largest absolute Gasteiger partial charge is 0.481 e. The molecule has 0 saturated heterocycles. The van der Waals surface area contributed by atoms with Crippen molar-refractivity contribution in [2.24, 2.45) is 5.10 Å². The van der Waals surface area contributed by atoms with Crippen molar-refractivity contribution in [3.63, 3.8) is 0 Å². The zero-order chi connectivity index (χ0) is 17.5. The van der Waals surface area contributed by atoms with Crippen molar-refractivity contribution in [1.82, 2.24) is 5.43 Å². The molecule has 0 saturated carbocycles. The molecule has 2 N–H and O–H groups in total. The van der Waals surface area contributed by atoms with Crippen molar-refractivity contribution in [3.05, 3.63) is 65.2 Å². The fraction of sp³-hybridized carbons (Fsp3) is 0.167. The average molecular weight is 326 g/mol. The molecule has 2 rings (SSSR count). The van der Waals surface area contributed by atoms with Gasteiger partial charge in [-0.1, -0.05) is 30.3 Å². The van der Waals surface area contributed by atoms with Crippen LogP contribution in [0.2, 0.25) is 0 Å². The second kappa shape index (κ2) is 7.92. The zero-order valence-corrected chi connectivity index (χ0v) is 13.4. The molecule has 6 heteroatoms. The number of aromatic carboxylic acids is 1. The van der Waals surface area contributed by atoms with E-state index in [-0.39, 0.29) is 11.5 Å². The lowest BCUT2D eigenvalue weighted by molar-refractivity contribution is -0.127. The summed E-state index contributed by atoms with van der Waals surface area (Å²) in [5.41, 5.74) is 4.21. The van der Waals surface area contributed by atoms with Gasteiger partial charge in [0.05, 0.1) is 11.8 Å². The van der Waals surface area contributed by atoms with Crippen LogP contribution in [0, 0.1) is 6.92 Å². The number of nitrogens with zero attached hydrogens (tertiary/aromatic N) is 1.